The fourth-order valence-corrected chi connectivity index (χ4v) is 8.01. The molecule has 3 N–H and O–H groups in total. The van der Waals surface area contributed by atoms with E-state index >= 15 is 0 Å². The second-order valence-corrected chi connectivity index (χ2v) is 19.6. The number of phosphoric acid groups is 1. The SMILES string of the molecule is CCCCCCCC/C=C\C/C=C\CCC(=O)NC(COP(=O)(O)OCC[N+](C)(C)C)C(O)CCCCCCCCCCCCCCCCCCCCCCCCC. The van der Waals surface area contributed by atoms with Gasteiger partial charge in [0.05, 0.1) is 39.9 Å². The smallest absolute Gasteiger partial charge is 0.391 e. The summed E-state index contributed by atoms with van der Waals surface area (Å²) in [6.45, 7) is 4.85. The van der Waals surface area contributed by atoms with E-state index in [1.807, 2.05) is 27.2 Å². The molecular weight excluding hydrogens is 744 g/mol. The van der Waals surface area contributed by atoms with Gasteiger partial charge in [0.25, 0.3) is 0 Å². The number of phosphoric ester groups is 1. The molecule has 8 nitrogen and oxygen atoms in total. The van der Waals surface area contributed by atoms with Gasteiger partial charge in [-0.1, -0.05) is 218 Å². The van der Waals surface area contributed by atoms with Crippen LogP contribution < -0.4 is 5.32 Å². The standard InChI is InChI=1S/C49H97N2O6P/c1-6-8-10-12-14-16-18-20-21-22-23-24-25-26-27-28-29-31-32-34-36-38-40-42-48(52)47(46-57-58(54,55)56-45-44-51(3,4)5)50-49(53)43-41-39-37-35-33-30-19-17-15-13-11-9-7-2/h30,33,37,39,47-48,52H,6-29,31-32,34-36,38,40-46H2,1-5H3,(H-,50,53,54,55)/p+1/b33-30-,39-37-. The molecule has 0 radical (unpaired) electrons. The highest BCUT2D eigenvalue weighted by atomic mass is 31.2. The maximum Gasteiger partial charge on any atom is 0.472 e. The number of unbranched alkanes of at least 4 members (excludes halogenated alkanes) is 28. The maximum absolute atomic E-state index is 12.9. The van der Waals surface area contributed by atoms with Gasteiger partial charge >= 0.3 is 7.82 Å². The third kappa shape index (κ3) is 43.1. The van der Waals surface area contributed by atoms with Crippen LogP contribution in [-0.4, -0.2) is 73.4 Å². The van der Waals surface area contributed by atoms with E-state index < -0.39 is 20.0 Å². The minimum absolute atomic E-state index is 0.0664. The number of amides is 1. The molecule has 0 saturated carbocycles. The van der Waals surface area contributed by atoms with Crippen LogP contribution in [0.25, 0.3) is 0 Å². The summed E-state index contributed by atoms with van der Waals surface area (Å²) in [6, 6.07) is -0.788. The van der Waals surface area contributed by atoms with Gasteiger partial charge in [-0.05, 0) is 32.1 Å². The van der Waals surface area contributed by atoms with Gasteiger partial charge in [-0.25, -0.2) is 4.57 Å². The molecule has 0 aromatic rings. The van der Waals surface area contributed by atoms with Crippen LogP contribution in [0, 0.1) is 0 Å². The Hall–Kier alpha value is -1.02. The molecule has 3 atom stereocenters. The predicted octanol–water partition coefficient (Wildman–Crippen LogP) is 14.1. The monoisotopic (exact) mass is 842 g/mol. The lowest BCUT2D eigenvalue weighted by atomic mass is 10.0. The highest BCUT2D eigenvalue weighted by Crippen LogP contribution is 2.43. The molecule has 0 rings (SSSR count). The molecule has 0 aliphatic carbocycles. The molecule has 0 aliphatic rings. The third-order valence-corrected chi connectivity index (χ3v) is 12.2. The van der Waals surface area contributed by atoms with Crippen molar-refractivity contribution in [3.63, 3.8) is 0 Å². The number of allylic oxidation sites excluding steroid dienone is 4. The van der Waals surface area contributed by atoms with E-state index in [0.29, 0.717) is 23.9 Å². The summed E-state index contributed by atoms with van der Waals surface area (Å²) in [5.41, 5.74) is 0. The van der Waals surface area contributed by atoms with E-state index in [-0.39, 0.29) is 25.5 Å². The Bertz CT molecular complexity index is 1000. The van der Waals surface area contributed by atoms with Crippen molar-refractivity contribution < 1.29 is 32.9 Å². The molecule has 0 bridgehead atoms. The van der Waals surface area contributed by atoms with Crippen molar-refractivity contribution in [2.24, 2.45) is 0 Å². The molecule has 1 amide bonds. The first-order valence-electron chi connectivity index (χ1n) is 24.7. The Balaban J connectivity index is 4.25. The van der Waals surface area contributed by atoms with Crippen molar-refractivity contribution in [1.82, 2.24) is 5.32 Å². The zero-order chi connectivity index (χ0) is 42.8. The summed E-state index contributed by atoms with van der Waals surface area (Å²) in [5.74, 6) is -0.209. The highest BCUT2D eigenvalue weighted by Gasteiger charge is 2.28. The Morgan fingerprint density at radius 2 is 0.983 bits per heavy atom. The summed E-state index contributed by atoms with van der Waals surface area (Å²) >= 11 is 0. The van der Waals surface area contributed by atoms with Gasteiger partial charge in [0, 0.05) is 6.42 Å². The van der Waals surface area contributed by atoms with E-state index in [1.165, 1.54) is 167 Å². The number of hydrogen-bond acceptors (Lipinski definition) is 5. The van der Waals surface area contributed by atoms with Crippen molar-refractivity contribution in [3.05, 3.63) is 24.3 Å². The molecule has 0 aromatic carbocycles. The second-order valence-electron chi connectivity index (χ2n) is 18.2. The lowest BCUT2D eigenvalue weighted by Crippen LogP contribution is -2.46. The highest BCUT2D eigenvalue weighted by molar-refractivity contribution is 7.47. The molecular formula is C49H98N2O6P+. The first-order valence-corrected chi connectivity index (χ1v) is 26.2. The van der Waals surface area contributed by atoms with Gasteiger partial charge in [-0.3, -0.25) is 13.8 Å². The average molecular weight is 842 g/mol. The fraction of sp³-hybridized carbons (Fsp3) is 0.898. The summed E-state index contributed by atoms with van der Waals surface area (Å²) in [4.78, 5) is 23.1. The second kappa shape index (κ2) is 41.3. The van der Waals surface area contributed by atoms with E-state index in [2.05, 4.69) is 37.4 Å². The number of aliphatic hydroxyl groups is 1. The maximum atomic E-state index is 12.9. The molecule has 0 heterocycles. The molecule has 0 saturated heterocycles. The Kier molecular flexibility index (Phi) is 40.6. The van der Waals surface area contributed by atoms with Crippen molar-refractivity contribution in [2.75, 3.05) is 40.9 Å². The Morgan fingerprint density at radius 3 is 1.41 bits per heavy atom. The Morgan fingerprint density at radius 1 is 0.586 bits per heavy atom. The van der Waals surface area contributed by atoms with Crippen molar-refractivity contribution in [3.8, 4) is 0 Å². The number of quaternary nitrogens is 1. The predicted molar refractivity (Wildman–Crippen MR) is 249 cm³/mol. The third-order valence-electron chi connectivity index (χ3n) is 11.2. The van der Waals surface area contributed by atoms with Crippen LogP contribution in [-0.2, 0) is 18.4 Å². The molecule has 0 aromatic heterocycles. The summed E-state index contributed by atoms with van der Waals surface area (Å²) in [7, 11) is 1.59. The zero-order valence-electron chi connectivity index (χ0n) is 39.0. The summed E-state index contributed by atoms with van der Waals surface area (Å²) in [6.07, 6.45) is 49.5. The van der Waals surface area contributed by atoms with Crippen molar-refractivity contribution in [1.29, 1.82) is 0 Å². The van der Waals surface area contributed by atoms with Crippen LogP contribution in [0.15, 0.2) is 24.3 Å². The first-order chi connectivity index (χ1) is 28.0. The lowest BCUT2D eigenvalue weighted by Gasteiger charge is -2.26. The van der Waals surface area contributed by atoms with E-state index in [0.717, 1.165) is 32.1 Å². The largest absolute Gasteiger partial charge is 0.472 e. The Labute approximate surface area is 360 Å². The van der Waals surface area contributed by atoms with Gasteiger partial charge in [0.2, 0.25) is 5.91 Å². The van der Waals surface area contributed by atoms with Gasteiger partial charge in [0.1, 0.15) is 13.2 Å². The molecule has 0 fully saturated rings. The number of carbonyl (C=O) groups is 1. The molecule has 0 spiro atoms. The summed E-state index contributed by atoms with van der Waals surface area (Å²) in [5, 5.41) is 13.9. The molecule has 58 heavy (non-hydrogen) atoms. The number of carbonyl (C=O) groups excluding carboxylic acids is 1. The van der Waals surface area contributed by atoms with E-state index in [9.17, 15) is 19.4 Å². The van der Waals surface area contributed by atoms with Gasteiger partial charge < -0.3 is 19.8 Å². The van der Waals surface area contributed by atoms with Gasteiger partial charge in [-0.2, -0.15) is 0 Å². The number of rotatable bonds is 45. The molecule has 344 valence electrons. The normalized spacial score (nSPS) is 14.4. The number of nitrogens with zero attached hydrogens (tertiary/aromatic N) is 1. The number of likely N-dealkylation sites (N-methyl/N-ethyl adjacent to an activating group) is 1. The number of hydrogen-bond donors (Lipinski definition) is 3. The van der Waals surface area contributed by atoms with Crippen LogP contribution in [0.1, 0.15) is 232 Å². The topological polar surface area (TPSA) is 105 Å². The molecule has 0 aliphatic heterocycles. The average Bonchev–Trinajstić information content (AvgIpc) is 3.17. The minimum Gasteiger partial charge on any atom is -0.391 e. The molecule has 9 heteroatoms. The van der Waals surface area contributed by atoms with Crippen LogP contribution in [0.4, 0.5) is 0 Å². The van der Waals surface area contributed by atoms with Crippen LogP contribution in [0.3, 0.4) is 0 Å². The fourth-order valence-electron chi connectivity index (χ4n) is 7.27. The van der Waals surface area contributed by atoms with Crippen LogP contribution in [0.2, 0.25) is 0 Å². The van der Waals surface area contributed by atoms with E-state index in [4.69, 9.17) is 9.05 Å². The first kappa shape index (κ1) is 57.0. The summed E-state index contributed by atoms with van der Waals surface area (Å²) < 4.78 is 23.6. The lowest BCUT2D eigenvalue weighted by molar-refractivity contribution is -0.870. The van der Waals surface area contributed by atoms with Crippen molar-refractivity contribution in [2.45, 2.75) is 244 Å². The molecule has 3 unspecified atom stereocenters. The zero-order valence-corrected chi connectivity index (χ0v) is 39.9. The minimum atomic E-state index is -4.33. The van der Waals surface area contributed by atoms with Gasteiger partial charge in [0.15, 0.2) is 0 Å². The van der Waals surface area contributed by atoms with Crippen LogP contribution in [0.5, 0.6) is 0 Å². The van der Waals surface area contributed by atoms with Crippen molar-refractivity contribution >= 4 is 13.7 Å². The quantitative estimate of drug-likeness (QED) is 0.0244. The number of aliphatic hydroxyl groups excluding tert-OH is 1. The number of nitrogens with one attached hydrogen (secondary N) is 1. The van der Waals surface area contributed by atoms with E-state index in [1.54, 1.807) is 0 Å². The van der Waals surface area contributed by atoms with Gasteiger partial charge in [-0.15, -0.1) is 0 Å². The van der Waals surface area contributed by atoms with Crippen LogP contribution >= 0.6 is 7.82 Å².